The first-order valence-electron chi connectivity index (χ1n) is 5.76. The first kappa shape index (κ1) is 13.5. The second kappa shape index (κ2) is 5.36. The summed E-state index contributed by atoms with van der Waals surface area (Å²) < 4.78 is 8.86. The molecule has 100 valence electrons. The van der Waals surface area contributed by atoms with Crippen molar-refractivity contribution in [3.8, 4) is 0 Å². The number of esters is 1. The minimum absolute atomic E-state index is 0.264. The maximum atomic E-state index is 11.8. The number of rotatable bonds is 2. The van der Waals surface area contributed by atoms with Gasteiger partial charge in [-0.05, 0) is 11.5 Å². The zero-order chi connectivity index (χ0) is 13.3. The van der Waals surface area contributed by atoms with Crippen molar-refractivity contribution >= 4 is 40.1 Å². The summed E-state index contributed by atoms with van der Waals surface area (Å²) in [7, 11) is 1.36. The van der Waals surface area contributed by atoms with Gasteiger partial charge in [0, 0.05) is 23.6 Å². The van der Waals surface area contributed by atoms with Gasteiger partial charge >= 0.3 is 5.97 Å². The molecule has 1 fully saturated rings. The predicted octanol–water partition coefficient (Wildman–Crippen LogP) is 1.84. The highest BCUT2D eigenvalue weighted by Crippen LogP contribution is 2.35. The van der Waals surface area contributed by atoms with E-state index < -0.39 is 5.97 Å². The molecule has 1 aliphatic heterocycles. The first-order valence-corrected chi connectivity index (χ1v) is 7.48. The number of carbonyl (C=O) groups is 1. The van der Waals surface area contributed by atoms with E-state index in [4.69, 9.17) is 10.5 Å². The number of nitrogens with two attached hydrogens (primary N) is 1. The molecule has 0 aliphatic carbocycles. The van der Waals surface area contributed by atoms with Crippen molar-refractivity contribution in [1.29, 1.82) is 0 Å². The molecule has 0 spiro atoms. The zero-order valence-electron chi connectivity index (χ0n) is 10.7. The van der Waals surface area contributed by atoms with E-state index in [1.807, 2.05) is 11.8 Å². The summed E-state index contributed by atoms with van der Waals surface area (Å²) in [5, 5.41) is 1.89. The van der Waals surface area contributed by atoms with E-state index in [1.54, 1.807) is 0 Å². The smallest absolute Gasteiger partial charge is 0.344 e. The highest BCUT2D eigenvalue weighted by atomic mass is 32.2. The van der Waals surface area contributed by atoms with Crippen molar-refractivity contribution in [2.24, 2.45) is 0 Å². The normalized spacial score (nSPS) is 24.1. The molecule has 2 rings (SSSR count). The molecular formula is C11H17N3O2S2. The third-order valence-corrected chi connectivity index (χ3v) is 4.95. The number of hydrogen-bond donors (Lipinski definition) is 1. The molecule has 0 radical (unpaired) electrons. The highest BCUT2D eigenvalue weighted by molar-refractivity contribution is 8.00. The molecule has 1 aliphatic rings. The van der Waals surface area contributed by atoms with Gasteiger partial charge in [0.2, 0.25) is 0 Å². The molecule has 2 atom stereocenters. The zero-order valence-corrected chi connectivity index (χ0v) is 12.3. The van der Waals surface area contributed by atoms with E-state index >= 15 is 0 Å². The van der Waals surface area contributed by atoms with Gasteiger partial charge in [0.05, 0.1) is 7.11 Å². The number of thioether (sulfide) groups is 1. The van der Waals surface area contributed by atoms with E-state index in [9.17, 15) is 4.79 Å². The van der Waals surface area contributed by atoms with E-state index in [-0.39, 0.29) is 5.82 Å². The Bertz CT molecular complexity index is 439. The van der Waals surface area contributed by atoms with Crippen LogP contribution in [0.3, 0.4) is 0 Å². The van der Waals surface area contributed by atoms with Gasteiger partial charge in [0.1, 0.15) is 10.6 Å². The molecule has 0 amide bonds. The fraction of sp³-hybridized carbons (Fsp3) is 0.636. The minimum Gasteiger partial charge on any atom is -0.465 e. The number of aromatic nitrogens is 1. The van der Waals surface area contributed by atoms with E-state index in [2.05, 4.69) is 23.1 Å². The largest absolute Gasteiger partial charge is 0.465 e. The fourth-order valence-electron chi connectivity index (χ4n) is 2.15. The van der Waals surface area contributed by atoms with Gasteiger partial charge in [-0.3, -0.25) is 0 Å². The summed E-state index contributed by atoms with van der Waals surface area (Å²) in [6.07, 6.45) is 0. The van der Waals surface area contributed by atoms with E-state index in [1.165, 1.54) is 18.6 Å². The Morgan fingerprint density at radius 3 is 2.61 bits per heavy atom. The lowest BCUT2D eigenvalue weighted by molar-refractivity contribution is 0.0603. The molecule has 5 nitrogen and oxygen atoms in total. The number of methoxy groups -OCH3 is 1. The summed E-state index contributed by atoms with van der Waals surface area (Å²) in [5.74, 6) is -0.143. The molecule has 18 heavy (non-hydrogen) atoms. The summed E-state index contributed by atoms with van der Waals surface area (Å²) in [4.78, 5) is 13.9. The average Bonchev–Trinajstić information content (AvgIpc) is 2.69. The summed E-state index contributed by atoms with van der Waals surface area (Å²) in [6.45, 7) is 6.19. The molecule has 0 saturated carbocycles. The number of nitrogen functional groups attached to an aromatic ring is 1. The van der Waals surface area contributed by atoms with Crippen molar-refractivity contribution in [2.45, 2.75) is 24.3 Å². The Hall–Kier alpha value is -0.950. The van der Waals surface area contributed by atoms with Crippen LogP contribution >= 0.6 is 23.3 Å². The highest BCUT2D eigenvalue weighted by Gasteiger charge is 2.29. The van der Waals surface area contributed by atoms with Crippen LogP contribution < -0.4 is 10.6 Å². The monoisotopic (exact) mass is 287 g/mol. The standard InChI is InChI=1S/C11H17N3O2S2/c1-6-4-14(5-7(2)17-6)10-8(11(15)16-3)9(12)13-18-10/h6-7H,4-5H2,1-3H3,(H2,12,13). The Labute approximate surface area is 115 Å². The van der Waals surface area contributed by atoms with Crippen molar-refractivity contribution in [2.75, 3.05) is 30.8 Å². The molecule has 1 aromatic heterocycles. The molecule has 2 heterocycles. The van der Waals surface area contributed by atoms with Crippen molar-refractivity contribution in [1.82, 2.24) is 4.37 Å². The van der Waals surface area contributed by atoms with Crippen LogP contribution in [-0.4, -0.2) is 41.0 Å². The van der Waals surface area contributed by atoms with Gasteiger partial charge in [0.15, 0.2) is 5.82 Å². The fourth-order valence-corrected chi connectivity index (χ4v) is 4.29. The van der Waals surface area contributed by atoms with Crippen molar-refractivity contribution in [3.63, 3.8) is 0 Å². The van der Waals surface area contributed by atoms with Crippen molar-refractivity contribution in [3.05, 3.63) is 5.56 Å². The van der Waals surface area contributed by atoms with Crippen LogP contribution in [0.25, 0.3) is 0 Å². The number of nitrogens with zero attached hydrogens (tertiary/aromatic N) is 2. The number of carbonyl (C=O) groups excluding carboxylic acids is 1. The van der Waals surface area contributed by atoms with Crippen LogP contribution in [0.4, 0.5) is 10.8 Å². The van der Waals surface area contributed by atoms with Crippen molar-refractivity contribution < 1.29 is 9.53 Å². The van der Waals surface area contributed by atoms with Gasteiger partial charge in [0.25, 0.3) is 0 Å². The average molecular weight is 287 g/mol. The van der Waals surface area contributed by atoms with Crippen LogP contribution in [0.1, 0.15) is 24.2 Å². The summed E-state index contributed by atoms with van der Waals surface area (Å²) >= 11 is 3.23. The third kappa shape index (κ3) is 2.56. The van der Waals surface area contributed by atoms with Gasteiger partial charge < -0.3 is 15.4 Å². The molecule has 1 saturated heterocycles. The van der Waals surface area contributed by atoms with E-state index in [0.29, 0.717) is 16.1 Å². The Balaban J connectivity index is 2.30. The second-order valence-corrected chi connectivity index (χ2v) is 7.04. The Morgan fingerprint density at radius 2 is 2.06 bits per heavy atom. The van der Waals surface area contributed by atoms with Gasteiger partial charge in [-0.25, -0.2) is 4.79 Å². The molecule has 1 aromatic rings. The quantitative estimate of drug-likeness (QED) is 0.837. The summed E-state index contributed by atoms with van der Waals surface area (Å²) in [6, 6.07) is 0. The molecule has 2 unspecified atom stereocenters. The molecule has 2 N–H and O–H groups in total. The van der Waals surface area contributed by atoms with Crippen LogP contribution in [0.2, 0.25) is 0 Å². The third-order valence-electron chi connectivity index (χ3n) is 2.80. The van der Waals surface area contributed by atoms with Crippen LogP contribution in [0.5, 0.6) is 0 Å². The van der Waals surface area contributed by atoms with E-state index in [0.717, 1.165) is 18.1 Å². The maximum absolute atomic E-state index is 11.8. The SMILES string of the molecule is COC(=O)c1c(N)nsc1N1CC(C)SC(C)C1. The second-order valence-electron chi connectivity index (χ2n) is 4.40. The number of anilines is 2. The molecular weight excluding hydrogens is 270 g/mol. The van der Waals surface area contributed by atoms with Gasteiger partial charge in [-0.2, -0.15) is 16.1 Å². The molecule has 0 bridgehead atoms. The predicted molar refractivity (Wildman–Crippen MR) is 76.6 cm³/mol. The molecule has 7 heteroatoms. The van der Waals surface area contributed by atoms with Crippen LogP contribution in [-0.2, 0) is 4.74 Å². The Morgan fingerprint density at radius 1 is 1.44 bits per heavy atom. The Kier molecular flexibility index (Phi) is 4.01. The number of hydrogen-bond acceptors (Lipinski definition) is 7. The van der Waals surface area contributed by atoms with Gasteiger partial charge in [-0.1, -0.05) is 13.8 Å². The lowest BCUT2D eigenvalue weighted by Gasteiger charge is -2.35. The number of ether oxygens (including phenoxy) is 1. The first-order chi connectivity index (χ1) is 8.52. The molecule has 0 aromatic carbocycles. The lowest BCUT2D eigenvalue weighted by atomic mass is 10.2. The lowest BCUT2D eigenvalue weighted by Crippen LogP contribution is -2.40. The summed E-state index contributed by atoms with van der Waals surface area (Å²) in [5.41, 5.74) is 6.17. The topological polar surface area (TPSA) is 68.5 Å². The van der Waals surface area contributed by atoms with Crippen LogP contribution in [0, 0.1) is 0 Å². The van der Waals surface area contributed by atoms with Gasteiger partial charge in [-0.15, -0.1) is 0 Å². The minimum atomic E-state index is -0.408. The van der Waals surface area contributed by atoms with Crippen LogP contribution in [0.15, 0.2) is 0 Å². The maximum Gasteiger partial charge on any atom is 0.344 e.